The molecule has 1 aromatic heterocycles. The fourth-order valence-electron chi connectivity index (χ4n) is 5.16. The van der Waals surface area contributed by atoms with Gasteiger partial charge in [0.25, 0.3) is 0 Å². The van der Waals surface area contributed by atoms with Gasteiger partial charge in [0, 0.05) is 56.8 Å². The molecule has 0 bridgehead atoms. The van der Waals surface area contributed by atoms with Crippen LogP contribution in [0.15, 0.2) is 30.5 Å². The van der Waals surface area contributed by atoms with Gasteiger partial charge in [-0.15, -0.1) is 0 Å². The summed E-state index contributed by atoms with van der Waals surface area (Å²) < 4.78 is 0. The number of piperidine rings is 1. The summed E-state index contributed by atoms with van der Waals surface area (Å²) >= 11 is 0. The number of anilines is 1. The van der Waals surface area contributed by atoms with Crippen LogP contribution in [0.3, 0.4) is 0 Å². The largest absolute Gasteiger partial charge is 0.366 e. The molecule has 1 atom stereocenters. The number of carbonyl (C=O) groups is 2. The van der Waals surface area contributed by atoms with Crippen LogP contribution in [0.1, 0.15) is 73.3 Å². The summed E-state index contributed by atoms with van der Waals surface area (Å²) in [7, 11) is 3.86. The van der Waals surface area contributed by atoms with Crippen molar-refractivity contribution in [3.63, 3.8) is 0 Å². The van der Waals surface area contributed by atoms with Crippen molar-refractivity contribution in [1.29, 1.82) is 0 Å². The Morgan fingerprint density at radius 2 is 1.82 bits per heavy atom. The second-order valence-corrected chi connectivity index (χ2v) is 9.67. The highest BCUT2D eigenvalue weighted by molar-refractivity contribution is 5.93. The molecule has 176 valence electrons. The van der Waals surface area contributed by atoms with Crippen LogP contribution in [0.4, 0.5) is 5.95 Å². The average Bonchev–Trinajstić information content (AvgIpc) is 3.36. The van der Waals surface area contributed by atoms with E-state index in [2.05, 4.69) is 4.98 Å². The van der Waals surface area contributed by atoms with Gasteiger partial charge in [0.2, 0.25) is 17.8 Å². The van der Waals surface area contributed by atoms with E-state index in [0.29, 0.717) is 24.5 Å². The van der Waals surface area contributed by atoms with Gasteiger partial charge in [0.05, 0.1) is 5.69 Å². The molecule has 2 heterocycles. The lowest BCUT2D eigenvalue weighted by Gasteiger charge is -2.34. The molecule has 2 aliphatic rings. The molecule has 2 aromatic rings. The molecule has 1 unspecified atom stereocenters. The first-order valence-corrected chi connectivity index (χ1v) is 12.1. The third-order valence-corrected chi connectivity index (χ3v) is 7.09. The highest BCUT2D eigenvalue weighted by atomic mass is 16.2. The summed E-state index contributed by atoms with van der Waals surface area (Å²) in [5.41, 5.74) is 8.74. The number of amides is 2. The maximum absolute atomic E-state index is 13.0. The lowest BCUT2D eigenvalue weighted by Crippen LogP contribution is -2.39. The van der Waals surface area contributed by atoms with Crippen molar-refractivity contribution in [3.8, 4) is 11.1 Å². The zero-order valence-corrected chi connectivity index (χ0v) is 19.8. The molecule has 0 radical (unpaired) electrons. The van der Waals surface area contributed by atoms with Gasteiger partial charge < -0.3 is 15.5 Å². The number of hydrogen-bond donors (Lipinski definition) is 1. The van der Waals surface area contributed by atoms with Gasteiger partial charge in [-0.1, -0.05) is 37.8 Å². The van der Waals surface area contributed by atoms with Crippen LogP contribution in [0, 0.1) is 5.92 Å². The number of rotatable bonds is 7. The van der Waals surface area contributed by atoms with Crippen LogP contribution in [0.25, 0.3) is 11.1 Å². The number of hydrogen-bond acceptors (Lipinski definition) is 5. The Kier molecular flexibility index (Phi) is 7.26. The number of nitrogens with two attached hydrogens (primary N) is 1. The Bertz CT molecular complexity index is 983. The molecule has 7 heteroatoms. The first-order chi connectivity index (χ1) is 15.9. The molecule has 1 aliphatic heterocycles. The van der Waals surface area contributed by atoms with Gasteiger partial charge in [0.15, 0.2) is 0 Å². The molecular weight excluding hydrogens is 414 g/mol. The SMILES string of the molecule is CN(C)c1ncc(-c2ccc(C(N)=O)cc2)c(C2CCCN(C(=O)CCC3CCCC3)C2)n1. The highest BCUT2D eigenvalue weighted by Crippen LogP contribution is 2.35. The Morgan fingerprint density at radius 3 is 2.48 bits per heavy atom. The van der Waals surface area contributed by atoms with E-state index >= 15 is 0 Å². The maximum atomic E-state index is 13.0. The second-order valence-electron chi connectivity index (χ2n) is 9.67. The first kappa shape index (κ1) is 23.2. The number of nitrogens with zero attached hydrogens (tertiary/aromatic N) is 4. The lowest BCUT2D eigenvalue weighted by atomic mass is 9.89. The number of carbonyl (C=O) groups excluding carboxylic acids is 2. The third-order valence-electron chi connectivity index (χ3n) is 7.09. The van der Waals surface area contributed by atoms with Crippen LogP contribution in [-0.2, 0) is 4.79 Å². The predicted octanol–water partition coefficient (Wildman–Crippen LogP) is 3.98. The van der Waals surface area contributed by atoms with Gasteiger partial charge in [0.1, 0.15) is 0 Å². The summed E-state index contributed by atoms with van der Waals surface area (Å²) in [4.78, 5) is 37.9. The standard InChI is InChI=1S/C26H35N5O2/c1-30(2)26-28-16-22(19-10-12-20(13-11-19)25(27)33)24(29-26)21-8-5-15-31(17-21)23(32)14-9-18-6-3-4-7-18/h10-13,16,18,21H,3-9,14-15,17H2,1-2H3,(H2,27,33). The molecule has 1 saturated carbocycles. The average molecular weight is 450 g/mol. The monoisotopic (exact) mass is 449 g/mol. The van der Waals surface area contributed by atoms with Crippen LogP contribution in [0.5, 0.6) is 0 Å². The molecule has 0 spiro atoms. The van der Waals surface area contributed by atoms with E-state index in [0.717, 1.165) is 48.5 Å². The van der Waals surface area contributed by atoms with Crippen molar-refractivity contribution >= 4 is 17.8 Å². The highest BCUT2D eigenvalue weighted by Gasteiger charge is 2.29. The fraction of sp³-hybridized carbons (Fsp3) is 0.538. The molecular formula is C26H35N5O2. The molecule has 33 heavy (non-hydrogen) atoms. The zero-order chi connectivity index (χ0) is 23.4. The van der Waals surface area contributed by atoms with E-state index in [1.165, 1.54) is 25.7 Å². The first-order valence-electron chi connectivity index (χ1n) is 12.1. The Balaban J connectivity index is 1.55. The summed E-state index contributed by atoms with van der Waals surface area (Å²) in [6.45, 7) is 1.52. The van der Waals surface area contributed by atoms with E-state index in [-0.39, 0.29) is 11.8 Å². The van der Waals surface area contributed by atoms with Crippen LogP contribution in [-0.4, -0.2) is 53.9 Å². The molecule has 1 aromatic carbocycles. The number of benzene rings is 1. The number of aromatic nitrogens is 2. The third kappa shape index (κ3) is 5.52. The molecule has 1 saturated heterocycles. The molecule has 2 amide bonds. The predicted molar refractivity (Wildman–Crippen MR) is 130 cm³/mol. The van der Waals surface area contributed by atoms with Gasteiger partial charge in [-0.25, -0.2) is 9.97 Å². The molecule has 1 aliphatic carbocycles. The number of likely N-dealkylation sites (tertiary alicyclic amines) is 1. The van der Waals surface area contributed by atoms with Crippen LogP contribution >= 0.6 is 0 Å². The fourth-order valence-corrected chi connectivity index (χ4v) is 5.16. The van der Waals surface area contributed by atoms with Crippen molar-refractivity contribution in [1.82, 2.24) is 14.9 Å². The van der Waals surface area contributed by atoms with Crippen molar-refractivity contribution in [2.24, 2.45) is 11.7 Å². The van der Waals surface area contributed by atoms with E-state index in [1.54, 1.807) is 12.1 Å². The quantitative estimate of drug-likeness (QED) is 0.690. The molecule has 7 nitrogen and oxygen atoms in total. The number of primary amides is 1. The van der Waals surface area contributed by atoms with Crippen LogP contribution in [0.2, 0.25) is 0 Å². The lowest BCUT2D eigenvalue weighted by molar-refractivity contribution is -0.132. The molecule has 2 N–H and O–H groups in total. The van der Waals surface area contributed by atoms with E-state index < -0.39 is 5.91 Å². The van der Waals surface area contributed by atoms with Gasteiger partial charge in [-0.2, -0.15) is 0 Å². The van der Waals surface area contributed by atoms with Crippen molar-refractivity contribution in [3.05, 3.63) is 41.7 Å². The smallest absolute Gasteiger partial charge is 0.248 e. The summed E-state index contributed by atoms with van der Waals surface area (Å²) in [6, 6.07) is 7.26. The Morgan fingerprint density at radius 1 is 1.09 bits per heavy atom. The van der Waals surface area contributed by atoms with Crippen molar-refractivity contribution < 1.29 is 9.59 Å². The van der Waals surface area contributed by atoms with E-state index in [1.807, 2.05) is 42.2 Å². The molecule has 4 rings (SSSR count). The summed E-state index contributed by atoms with van der Waals surface area (Å²) in [5, 5.41) is 0. The topological polar surface area (TPSA) is 92.4 Å². The maximum Gasteiger partial charge on any atom is 0.248 e. The van der Waals surface area contributed by atoms with Gasteiger partial charge >= 0.3 is 0 Å². The minimum absolute atomic E-state index is 0.154. The minimum Gasteiger partial charge on any atom is -0.366 e. The minimum atomic E-state index is -0.444. The van der Waals surface area contributed by atoms with Gasteiger partial charge in [-0.3, -0.25) is 9.59 Å². The molecule has 2 fully saturated rings. The van der Waals surface area contributed by atoms with E-state index in [9.17, 15) is 9.59 Å². The Hall–Kier alpha value is -2.96. The zero-order valence-electron chi connectivity index (χ0n) is 19.8. The van der Waals surface area contributed by atoms with Gasteiger partial charge in [-0.05, 0) is 42.9 Å². The Labute approximate surface area is 196 Å². The normalized spacial score (nSPS) is 19.0. The van der Waals surface area contributed by atoms with Crippen molar-refractivity contribution in [2.75, 3.05) is 32.1 Å². The van der Waals surface area contributed by atoms with Crippen LogP contribution < -0.4 is 10.6 Å². The van der Waals surface area contributed by atoms with E-state index in [4.69, 9.17) is 10.7 Å². The second kappa shape index (κ2) is 10.3. The summed E-state index contributed by atoms with van der Waals surface area (Å²) in [5.74, 6) is 1.38. The summed E-state index contributed by atoms with van der Waals surface area (Å²) in [6.07, 6.45) is 10.7. The van der Waals surface area contributed by atoms with Crippen molar-refractivity contribution in [2.45, 2.75) is 57.3 Å².